The molecule has 6 heteroatoms. The van der Waals surface area contributed by atoms with Crippen LogP contribution in [0.4, 0.5) is 13.2 Å². The van der Waals surface area contributed by atoms with E-state index in [1.165, 1.54) is 18.2 Å². The van der Waals surface area contributed by atoms with Crippen LogP contribution in [-0.4, -0.2) is 30.7 Å². The number of carbonyl (C=O) groups excluding carboxylic acids is 1. The molecule has 26 heavy (non-hydrogen) atoms. The minimum atomic E-state index is -1.17. The van der Waals surface area contributed by atoms with Crippen LogP contribution in [0.1, 0.15) is 34.0 Å². The van der Waals surface area contributed by atoms with Gasteiger partial charge in [-0.1, -0.05) is 19.1 Å². The maximum absolute atomic E-state index is 14.3. The van der Waals surface area contributed by atoms with E-state index in [1.54, 1.807) is 19.9 Å². The van der Waals surface area contributed by atoms with Gasteiger partial charge < -0.3 is 9.84 Å². The predicted molar refractivity (Wildman–Crippen MR) is 91.7 cm³/mol. The van der Waals surface area contributed by atoms with Crippen molar-refractivity contribution in [3.63, 3.8) is 0 Å². The second kappa shape index (κ2) is 8.96. The van der Waals surface area contributed by atoms with Gasteiger partial charge in [-0.3, -0.25) is 4.79 Å². The number of ether oxygens (including phenoxy) is 1. The standard InChI is InChI=1S/C20H21F3O3/c1-12-3-4-14(18(22)7-12)8-16-15(5-6-17(21)20(16)23)19(25)11-26-10-13(2)9-24/h3-7,13,24H,8-11H2,1-2H3/t13-/m1/s1. The Morgan fingerprint density at radius 2 is 1.88 bits per heavy atom. The van der Waals surface area contributed by atoms with Gasteiger partial charge in [0, 0.05) is 30.1 Å². The highest BCUT2D eigenvalue weighted by atomic mass is 19.2. The van der Waals surface area contributed by atoms with E-state index >= 15 is 0 Å². The second-order valence-electron chi connectivity index (χ2n) is 6.39. The molecule has 2 aromatic carbocycles. The minimum absolute atomic E-state index is 0.0412. The number of aryl methyl sites for hydroxylation is 1. The molecule has 0 aliphatic carbocycles. The Labute approximate surface area is 150 Å². The van der Waals surface area contributed by atoms with Gasteiger partial charge in [0.05, 0.1) is 6.61 Å². The maximum atomic E-state index is 14.3. The Morgan fingerprint density at radius 1 is 1.15 bits per heavy atom. The number of hydrogen-bond acceptors (Lipinski definition) is 3. The van der Waals surface area contributed by atoms with Gasteiger partial charge in [0.15, 0.2) is 17.4 Å². The molecule has 0 unspecified atom stereocenters. The molecular formula is C20H21F3O3. The number of rotatable bonds is 8. The molecule has 0 bridgehead atoms. The first kappa shape index (κ1) is 20.1. The van der Waals surface area contributed by atoms with E-state index in [4.69, 9.17) is 9.84 Å². The molecule has 1 atom stereocenters. The second-order valence-corrected chi connectivity index (χ2v) is 6.39. The van der Waals surface area contributed by atoms with Gasteiger partial charge in [0.25, 0.3) is 0 Å². The number of benzene rings is 2. The zero-order valence-electron chi connectivity index (χ0n) is 14.7. The number of ketones is 1. The largest absolute Gasteiger partial charge is 0.396 e. The minimum Gasteiger partial charge on any atom is -0.396 e. The molecule has 0 heterocycles. The van der Waals surface area contributed by atoms with Crippen molar-refractivity contribution in [2.24, 2.45) is 5.92 Å². The van der Waals surface area contributed by atoms with Crippen molar-refractivity contribution in [1.29, 1.82) is 0 Å². The van der Waals surface area contributed by atoms with Gasteiger partial charge in [-0.15, -0.1) is 0 Å². The van der Waals surface area contributed by atoms with Crippen molar-refractivity contribution in [2.75, 3.05) is 19.8 Å². The molecule has 140 valence electrons. The molecule has 0 aliphatic heterocycles. The van der Waals surface area contributed by atoms with Crippen molar-refractivity contribution >= 4 is 5.78 Å². The fourth-order valence-corrected chi connectivity index (χ4v) is 2.50. The van der Waals surface area contributed by atoms with Crippen molar-refractivity contribution in [2.45, 2.75) is 20.3 Å². The number of hydrogen-bond donors (Lipinski definition) is 1. The van der Waals surface area contributed by atoms with Crippen molar-refractivity contribution in [3.05, 3.63) is 70.0 Å². The molecule has 0 spiro atoms. The molecule has 2 rings (SSSR count). The lowest BCUT2D eigenvalue weighted by molar-refractivity contribution is 0.0610. The highest BCUT2D eigenvalue weighted by Crippen LogP contribution is 2.23. The van der Waals surface area contributed by atoms with E-state index in [-0.39, 0.29) is 48.8 Å². The molecular weight excluding hydrogens is 345 g/mol. The van der Waals surface area contributed by atoms with E-state index in [0.29, 0.717) is 5.56 Å². The monoisotopic (exact) mass is 366 g/mol. The fraction of sp³-hybridized carbons (Fsp3) is 0.350. The summed E-state index contributed by atoms with van der Waals surface area (Å²) in [5.41, 5.74) is 0.634. The van der Waals surface area contributed by atoms with Crippen LogP contribution in [0.2, 0.25) is 0 Å². The third-order valence-electron chi connectivity index (χ3n) is 4.02. The lowest BCUT2D eigenvalue weighted by atomic mass is 9.95. The highest BCUT2D eigenvalue weighted by Gasteiger charge is 2.20. The summed E-state index contributed by atoms with van der Waals surface area (Å²) in [6, 6.07) is 6.50. The van der Waals surface area contributed by atoms with Gasteiger partial charge in [0.1, 0.15) is 12.4 Å². The molecule has 0 amide bonds. The summed E-state index contributed by atoms with van der Waals surface area (Å²) in [5, 5.41) is 8.95. The van der Waals surface area contributed by atoms with Gasteiger partial charge in [-0.25, -0.2) is 13.2 Å². The molecule has 0 aromatic heterocycles. The quantitative estimate of drug-likeness (QED) is 0.723. The highest BCUT2D eigenvalue weighted by molar-refractivity contribution is 5.98. The lowest BCUT2D eigenvalue weighted by Gasteiger charge is -2.13. The van der Waals surface area contributed by atoms with Crippen molar-refractivity contribution in [3.8, 4) is 0 Å². The first-order chi connectivity index (χ1) is 12.3. The zero-order valence-corrected chi connectivity index (χ0v) is 14.7. The van der Waals surface area contributed by atoms with Gasteiger partial charge in [-0.2, -0.15) is 0 Å². The third kappa shape index (κ3) is 4.93. The van der Waals surface area contributed by atoms with E-state index in [0.717, 1.165) is 6.07 Å². The molecule has 2 aromatic rings. The topological polar surface area (TPSA) is 46.5 Å². The zero-order chi connectivity index (χ0) is 19.3. The van der Waals surface area contributed by atoms with E-state index in [1.807, 2.05) is 0 Å². The summed E-state index contributed by atoms with van der Waals surface area (Å²) in [4.78, 5) is 12.4. The average Bonchev–Trinajstić information content (AvgIpc) is 2.60. The number of aliphatic hydroxyl groups excluding tert-OH is 1. The van der Waals surface area contributed by atoms with Crippen LogP contribution in [0.5, 0.6) is 0 Å². The van der Waals surface area contributed by atoms with Crippen LogP contribution < -0.4 is 0 Å². The van der Waals surface area contributed by atoms with Crippen LogP contribution in [0, 0.1) is 30.3 Å². The maximum Gasteiger partial charge on any atom is 0.188 e. The Morgan fingerprint density at radius 3 is 2.54 bits per heavy atom. The Bertz CT molecular complexity index is 790. The Hall–Kier alpha value is -2.18. The molecule has 0 aliphatic rings. The van der Waals surface area contributed by atoms with Crippen LogP contribution in [0.15, 0.2) is 30.3 Å². The summed E-state index contributed by atoms with van der Waals surface area (Å²) in [7, 11) is 0. The number of carbonyl (C=O) groups is 1. The van der Waals surface area contributed by atoms with Gasteiger partial charge in [-0.05, 0) is 36.2 Å². The van der Waals surface area contributed by atoms with E-state index in [2.05, 4.69) is 0 Å². The molecule has 3 nitrogen and oxygen atoms in total. The van der Waals surface area contributed by atoms with Crippen LogP contribution >= 0.6 is 0 Å². The molecule has 1 N–H and O–H groups in total. The smallest absolute Gasteiger partial charge is 0.188 e. The van der Waals surface area contributed by atoms with Gasteiger partial charge in [0.2, 0.25) is 0 Å². The number of halogens is 3. The third-order valence-corrected chi connectivity index (χ3v) is 4.02. The van der Waals surface area contributed by atoms with Crippen LogP contribution in [0.25, 0.3) is 0 Å². The predicted octanol–water partition coefficient (Wildman–Crippen LogP) is 3.83. The Kier molecular flexibility index (Phi) is 6.94. The van der Waals surface area contributed by atoms with Crippen LogP contribution in [0.3, 0.4) is 0 Å². The van der Waals surface area contributed by atoms with E-state index < -0.39 is 23.2 Å². The molecule has 0 saturated heterocycles. The fourth-order valence-electron chi connectivity index (χ4n) is 2.50. The summed E-state index contributed by atoms with van der Waals surface area (Å²) >= 11 is 0. The summed E-state index contributed by atoms with van der Waals surface area (Å²) in [6.07, 6.45) is -0.246. The summed E-state index contributed by atoms with van der Waals surface area (Å²) in [5.74, 6) is -3.48. The lowest BCUT2D eigenvalue weighted by Crippen LogP contribution is -2.17. The Balaban J connectivity index is 2.27. The molecule has 0 saturated carbocycles. The van der Waals surface area contributed by atoms with E-state index in [9.17, 15) is 18.0 Å². The number of Topliss-reactive ketones (excluding diaryl/α,β-unsaturated/α-hetero) is 1. The first-order valence-electron chi connectivity index (χ1n) is 8.27. The normalized spacial score (nSPS) is 12.2. The van der Waals surface area contributed by atoms with Crippen molar-refractivity contribution < 1.29 is 27.8 Å². The summed E-state index contributed by atoms with van der Waals surface area (Å²) in [6.45, 7) is 3.20. The SMILES string of the molecule is Cc1ccc(Cc2c(C(=O)COC[C@H](C)CO)ccc(F)c2F)c(F)c1. The molecule has 0 fully saturated rings. The first-order valence-corrected chi connectivity index (χ1v) is 8.27. The average molecular weight is 366 g/mol. The summed E-state index contributed by atoms with van der Waals surface area (Å²) < 4.78 is 47.3. The molecule has 0 radical (unpaired) electrons. The van der Waals surface area contributed by atoms with Crippen LogP contribution in [-0.2, 0) is 11.2 Å². The van der Waals surface area contributed by atoms with Gasteiger partial charge >= 0.3 is 0 Å². The van der Waals surface area contributed by atoms with Crippen molar-refractivity contribution in [1.82, 2.24) is 0 Å². The number of aliphatic hydroxyl groups is 1.